The van der Waals surface area contributed by atoms with E-state index in [2.05, 4.69) is 12.2 Å². The molecule has 0 heterocycles. The van der Waals surface area contributed by atoms with Crippen molar-refractivity contribution in [3.8, 4) is 17.2 Å². The second-order valence-electron chi connectivity index (χ2n) is 5.71. The van der Waals surface area contributed by atoms with Crippen molar-refractivity contribution in [1.29, 1.82) is 0 Å². The molecular weight excluding hydrogens is 354 g/mol. The Morgan fingerprint density at radius 3 is 2.35 bits per heavy atom. The SMILES string of the molecule is CCCCOc1ccc(C(=O)NCc2cc(OC)c(OC)cc2Cl)cc1. The second kappa shape index (κ2) is 9.92. The summed E-state index contributed by atoms with van der Waals surface area (Å²) < 4.78 is 16.1. The average Bonchev–Trinajstić information content (AvgIpc) is 2.67. The zero-order valence-corrected chi connectivity index (χ0v) is 16.1. The van der Waals surface area contributed by atoms with E-state index in [9.17, 15) is 4.79 Å². The van der Waals surface area contributed by atoms with Crippen LogP contribution in [0.25, 0.3) is 0 Å². The van der Waals surface area contributed by atoms with Crippen molar-refractivity contribution >= 4 is 17.5 Å². The standard InChI is InChI=1S/C20H24ClNO4/c1-4-5-10-26-16-8-6-14(7-9-16)20(23)22-13-15-11-18(24-2)19(25-3)12-17(15)21/h6-9,11-12H,4-5,10,13H2,1-3H3,(H,22,23). The van der Waals surface area contributed by atoms with E-state index in [1.54, 1.807) is 50.6 Å². The molecule has 5 nitrogen and oxygen atoms in total. The lowest BCUT2D eigenvalue weighted by Crippen LogP contribution is -2.22. The largest absolute Gasteiger partial charge is 0.494 e. The summed E-state index contributed by atoms with van der Waals surface area (Å²) in [4.78, 5) is 12.3. The van der Waals surface area contributed by atoms with Gasteiger partial charge in [-0.25, -0.2) is 0 Å². The predicted molar refractivity (Wildman–Crippen MR) is 103 cm³/mol. The van der Waals surface area contributed by atoms with E-state index in [0.717, 1.165) is 24.2 Å². The normalized spacial score (nSPS) is 10.3. The van der Waals surface area contributed by atoms with Crippen molar-refractivity contribution in [1.82, 2.24) is 5.32 Å². The smallest absolute Gasteiger partial charge is 0.251 e. The maximum atomic E-state index is 12.3. The van der Waals surface area contributed by atoms with Gasteiger partial charge < -0.3 is 19.5 Å². The van der Waals surface area contributed by atoms with Gasteiger partial charge in [-0.05, 0) is 42.3 Å². The number of nitrogens with one attached hydrogen (secondary N) is 1. The van der Waals surface area contributed by atoms with E-state index in [0.29, 0.717) is 28.7 Å². The number of hydrogen-bond acceptors (Lipinski definition) is 4. The molecule has 6 heteroatoms. The molecule has 0 saturated carbocycles. The molecule has 0 aromatic heterocycles. The molecule has 140 valence electrons. The molecule has 26 heavy (non-hydrogen) atoms. The highest BCUT2D eigenvalue weighted by Crippen LogP contribution is 2.33. The van der Waals surface area contributed by atoms with Crippen molar-refractivity contribution in [3.05, 3.63) is 52.5 Å². The van der Waals surface area contributed by atoms with Gasteiger partial charge in [-0.3, -0.25) is 4.79 Å². The van der Waals surface area contributed by atoms with Crippen molar-refractivity contribution in [2.45, 2.75) is 26.3 Å². The Morgan fingerprint density at radius 1 is 1.08 bits per heavy atom. The molecule has 0 fully saturated rings. The molecule has 2 rings (SSSR count). The van der Waals surface area contributed by atoms with Gasteiger partial charge in [0, 0.05) is 23.2 Å². The predicted octanol–water partition coefficient (Wildman–Crippen LogP) is 4.47. The molecule has 1 amide bonds. The van der Waals surface area contributed by atoms with Crippen LogP contribution in [0.15, 0.2) is 36.4 Å². The molecule has 0 unspecified atom stereocenters. The number of rotatable bonds is 9. The van der Waals surface area contributed by atoms with Crippen molar-refractivity contribution in [3.63, 3.8) is 0 Å². The third-order valence-electron chi connectivity index (χ3n) is 3.88. The van der Waals surface area contributed by atoms with Crippen LogP contribution in [0.2, 0.25) is 5.02 Å². The van der Waals surface area contributed by atoms with Crippen LogP contribution in [-0.2, 0) is 6.54 Å². The zero-order valence-electron chi connectivity index (χ0n) is 15.3. The monoisotopic (exact) mass is 377 g/mol. The number of carbonyl (C=O) groups excluding carboxylic acids is 1. The summed E-state index contributed by atoms with van der Waals surface area (Å²) in [6, 6.07) is 10.5. The first-order valence-corrected chi connectivity index (χ1v) is 8.88. The first-order valence-electron chi connectivity index (χ1n) is 8.50. The van der Waals surface area contributed by atoms with Gasteiger partial charge in [0.2, 0.25) is 0 Å². The Kier molecular flexibility index (Phi) is 7.60. The quantitative estimate of drug-likeness (QED) is 0.655. The number of hydrogen-bond donors (Lipinski definition) is 1. The van der Waals surface area contributed by atoms with Crippen LogP contribution in [0.4, 0.5) is 0 Å². The molecule has 0 saturated heterocycles. The molecule has 0 aliphatic carbocycles. The fraction of sp³-hybridized carbons (Fsp3) is 0.350. The lowest BCUT2D eigenvalue weighted by molar-refractivity contribution is 0.0951. The van der Waals surface area contributed by atoms with Gasteiger partial charge in [0.15, 0.2) is 11.5 Å². The zero-order chi connectivity index (χ0) is 18.9. The third kappa shape index (κ3) is 5.30. The van der Waals surface area contributed by atoms with E-state index in [1.165, 1.54) is 0 Å². The molecular formula is C20H24ClNO4. The van der Waals surface area contributed by atoms with Gasteiger partial charge in [-0.1, -0.05) is 24.9 Å². The summed E-state index contributed by atoms with van der Waals surface area (Å²) in [6.07, 6.45) is 2.09. The first kappa shape index (κ1) is 19.9. The summed E-state index contributed by atoms with van der Waals surface area (Å²) in [5, 5.41) is 3.36. The Morgan fingerprint density at radius 2 is 1.73 bits per heavy atom. The molecule has 0 radical (unpaired) electrons. The van der Waals surface area contributed by atoms with Crippen molar-refractivity contribution in [2.24, 2.45) is 0 Å². The lowest BCUT2D eigenvalue weighted by Gasteiger charge is -2.12. The van der Waals surface area contributed by atoms with Crippen LogP contribution < -0.4 is 19.5 Å². The molecule has 0 spiro atoms. The molecule has 1 N–H and O–H groups in total. The van der Waals surface area contributed by atoms with E-state index in [4.69, 9.17) is 25.8 Å². The van der Waals surface area contributed by atoms with Crippen molar-refractivity contribution < 1.29 is 19.0 Å². The number of unbranched alkanes of at least 4 members (excludes halogenated alkanes) is 1. The van der Waals surface area contributed by atoms with Crippen LogP contribution >= 0.6 is 11.6 Å². The van der Waals surface area contributed by atoms with Crippen LogP contribution in [0.3, 0.4) is 0 Å². The summed E-state index contributed by atoms with van der Waals surface area (Å²) in [5.41, 5.74) is 1.31. The molecule has 0 aliphatic rings. The fourth-order valence-corrected chi connectivity index (χ4v) is 2.57. The van der Waals surface area contributed by atoms with Crippen LogP contribution in [0.1, 0.15) is 35.7 Å². The molecule has 2 aromatic rings. The molecule has 0 bridgehead atoms. The highest BCUT2D eigenvalue weighted by molar-refractivity contribution is 6.31. The second-order valence-corrected chi connectivity index (χ2v) is 6.11. The Labute approximate surface area is 159 Å². The van der Waals surface area contributed by atoms with Gasteiger partial charge in [0.25, 0.3) is 5.91 Å². The van der Waals surface area contributed by atoms with Crippen LogP contribution in [0.5, 0.6) is 17.2 Å². The average molecular weight is 378 g/mol. The van der Waals surface area contributed by atoms with Crippen LogP contribution in [0, 0.1) is 0 Å². The Bertz CT molecular complexity index is 731. The number of carbonyl (C=O) groups is 1. The van der Waals surface area contributed by atoms with E-state index in [-0.39, 0.29) is 12.5 Å². The first-order chi connectivity index (χ1) is 12.6. The highest BCUT2D eigenvalue weighted by Gasteiger charge is 2.12. The van der Waals surface area contributed by atoms with Gasteiger partial charge in [0.05, 0.1) is 20.8 Å². The molecule has 0 aliphatic heterocycles. The number of ether oxygens (including phenoxy) is 3. The molecule has 0 atom stereocenters. The fourth-order valence-electron chi connectivity index (χ4n) is 2.35. The summed E-state index contributed by atoms with van der Waals surface area (Å²) >= 11 is 6.24. The van der Waals surface area contributed by atoms with E-state index >= 15 is 0 Å². The maximum Gasteiger partial charge on any atom is 0.251 e. The van der Waals surface area contributed by atoms with E-state index < -0.39 is 0 Å². The van der Waals surface area contributed by atoms with Crippen LogP contribution in [-0.4, -0.2) is 26.7 Å². The lowest BCUT2D eigenvalue weighted by atomic mass is 10.1. The number of benzene rings is 2. The summed E-state index contributed by atoms with van der Waals surface area (Å²) in [5.74, 6) is 1.69. The maximum absolute atomic E-state index is 12.3. The van der Waals surface area contributed by atoms with Gasteiger partial charge in [-0.2, -0.15) is 0 Å². The highest BCUT2D eigenvalue weighted by atomic mass is 35.5. The third-order valence-corrected chi connectivity index (χ3v) is 4.23. The van der Waals surface area contributed by atoms with E-state index in [1.807, 2.05) is 0 Å². The van der Waals surface area contributed by atoms with Gasteiger partial charge in [0.1, 0.15) is 5.75 Å². The Hall–Kier alpha value is -2.40. The van der Waals surface area contributed by atoms with Gasteiger partial charge >= 0.3 is 0 Å². The van der Waals surface area contributed by atoms with Gasteiger partial charge in [-0.15, -0.1) is 0 Å². The minimum absolute atomic E-state index is 0.184. The topological polar surface area (TPSA) is 56.8 Å². The minimum Gasteiger partial charge on any atom is -0.494 e. The summed E-state index contributed by atoms with van der Waals surface area (Å²) in [6.45, 7) is 3.08. The molecule has 2 aromatic carbocycles. The minimum atomic E-state index is -0.184. The number of methoxy groups -OCH3 is 2. The van der Waals surface area contributed by atoms with Crippen molar-refractivity contribution in [2.75, 3.05) is 20.8 Å². The number of amides is 1. The Balaban J connectivity index is 1.98. The summed E-state index contributed by atoms with van der Waals surface area (Å²) in [7, 11) is 3.10. The number of halogens is 1.